The number of rotatable bonds is 6. The van der Waals surface area contributed by atoms with Crippen molar-refractivity contribution in [1.82, 2.24) is 4.90 Å². The Morgan fingerprint density at radius 2 is 1.83 bits per heavy atom. The maximum atomic E-state index is 12.6. The van der Waals surface area contributed by atoms with Crippen LogP contribution in [0.1, 0.15) is 44.2 Å². The van der Waals surface area contributed by atoms with Gasteiger partial charge in [0.05, 0.1) is 10.9 Å². The molecule has 0 radical (unpaired) electrons. The van der Waals surface area contributed by atoms with Crippen LogP contribution in [0.15, 0.2) is 40.8 Å². The highest BCUT2D eigenvalue weighted by molar-refractivity contribution is 7.89. The van der Waals surface area contributed by atoms with Gasteiger partial charge in [0, 0.05) is 13.1 Å². The van der Waals surface area contributed by atoms with E-state index in [1.807, 2.05) is 19.1 Å². The van der Waals surface area contributed by atoms with Crippen molar-refractivity contribution in [3.63, 3.8) is 0 Å². The lowest BCUT2D eigenvalue weighted by molar-refractivity contribution is -0.126. The summed E-state index contributed by atoms with van der Waals surface area (Å²) < 4.78 is 23.0. The highest BCUT2D eigenvalue weighted by Gasteiger charge is 2.37. The number of nitrogens with zero attached hydrogens (tertiary/aromatic N) is 1. The van der Waals surface area contributed by atoms with Gasteiger partial charge >= 0.3 is 0 Å². The third kappa shape index (κ3) is 3.87. The number of likely N-dealkylation sites (N-methyl/N-ethyl adjacent to an activating group) is 1. The van der Waals surface area contributed by atoms with Crippen LogP contribution in [-0.2, 0) is 14.8 Å². The molecular formula is C18H24N2O3S. The van der Waals surface area contributed by atoms with Crippen LogP contribution in [0, 0.1) is 11.8 Å². The van der Waals surface area contributed by atoms with Crippen LogP contribution in [-0.4, -0.2) is 26.3 Å². The van der Waals surface area contributed by atoms with Crippen LogP contribution in [0.25, 0.3) is 0 Å². The van der Waals surface area contributed by atoms with Crippen molar-refractivity contribution >= 4 is 15.9 Å². The van der Waals surface area contributed by atoms with Gasteiger partial charge in [-0.1, -0.05) is 17.7 Å². The van der Waals surface area contributed by atoms with E-state index in [1.165, 1.54) is 43.4 Å². The van der Waals surface area contributed by atoms with Crippen molar-refractivity contribution in [1.29, 1.82) is 0 Å². The summed E-state index contributed by atoms with van der Waals surface area (Å²) in [4.78, 5) is 14.4. The molecule has 0 unspecified atom stereocenters. The lowest BCUT2D eigenvalue weighted by atomic mass is 10.0. The molecular weight excluding hydrogens is 324 g/mol. The zero-order valence-corrected chi connectivity index (χ0v) is 14.9. The first-order valence-electron chi connectivity index (χ1n) is 8.38. The molecule has 1 atom stereocenters. The number of carbonyl (C=O) groups is 1. The largest absolute Gasteiger partial charge is 0.335 e. The maximum Gasteiger partial charge on any atom is 0.246 e. The molecule has 3 rings (SSSR count). The Morgan fingerprint density at radius 1 is 1.25 bits per heavy atom. The molecule has 0 bridgehead atoms. The minimum atomic E-state index is -3.75. The lowest BCUT2D eigenvalue weighted by Gasteiger charge is -2.25. The van der Waals surface area contributed by atoms with Gasteiger partial charge in [-0.15, -0.1) is 0 Å². The summed E-state index contributed by atoms with van der Waals surface area (Å²) >= 11 is 0. The van der Waals surface area contributed by atoms with Crippen LogP contribution >= 0.6 is 0 Å². The van der Waals surface area contributed by atoms with Gasteiger partial charge in [0.1, 0.15) is 0 Å². The molecule has 2 aliphatic rings. The van der Waals surface area contributed by atoms with Crippen molar-refractivity contribution in [2.24, 2.45) is 17.0 Å². The number of allylic oxidation sites excluding steroid dienone is 1. The smallest absolute Gasteiger partial charge is 0.246 e. The topological polar surface area (TPSA) is 80.5 Å². The highest BCUT2D eigenvalue weighted by atomic mass is 32.2. The summed E-state index contributed by atoms with van der Waals surface area (Å²) in [5.41, 5.74) is 2.07. The second-order valence-corrected chi connectivity index (χ2v) is 8.50. The quantitative estimate of drug-likeness (QED) is 0.802. The van der Waals surface area contributed by atoms with Crippen LogP contribution in [0.4, 0.5) is 0 Å². The average molecular weight is 348 g/mol. The van der Waals surface area contributed by atoms with E-state index in [0.29, 0.717) is 11.8 Å². The van der Waals surface area contributed by atoms with Gasteiger partial charge in [0.25, 0.3) is 0 Å². The predicted molar refractivity (Wildman–Crippen MR) is 92.5 cm³/mol. The number of nitrogens with two attached hydrogens (primary N) is 1. The van der Waals surface area contributed by atoms with Crippen molar-refractivity contribution in [2.45, 2.75) is 43.5 Å². The molecule has 24 heavy (non-hydrogen) atoms. The van der Waals surface area contributed by atoms with E-state index in [0.717, 1.165) is 5.56 Å². The Kier molecular flexibility index (Phi) is 4.53. The van der Waals surface area contributed by atoms with E-state index in [9.17, 15) is 13.2 Å². The standard InChI is InChI=1S/C18H24N2O3S/c1-12(15-4-3-5-16(10-15)24(19,22)23)20(2)18(21)11-17(13-6-7-13)14-8-9-14/h3-5,10-14H,6-9H2,1-2H3,(H2,19,22,23)/t12-/m1/s1. The van der Waals surface area contributed by atoms with Crippen LogP contribution in [0.2, 0.25) is 0 Å². The van der Waals surface area contributed by atoms with Crippen LogP contribution in [0.3, 0.4) is 0 Å². The van der Waals surface area contributed by atoms with Crippen molar-refractivity contribution < 1.29 is 13.2 Å². The highest BCUT2D eigenvalue weighted by Crippen LogP contribution is 2.48. The Morgan fingerprint density at radius 3 is 2.33 bits per heavy atom. The van der Waals surface area contributed by atoms with E-state index in [2.05, 4.69) is 0 Å². The minimum absolute atomic E-state index is 0.0164. The zero-order valence-electron chi connectivity index (χ0n) is 14.1. The fraction of sp³-hybridized carbons (Fsp3) is 0.500. The number of hydrogen-bond donors (Lipinski definition) is 1. The first kappa shape index (κ1) is 17.2. The molecule has 2 saturated carbocycles. The molecule has 2 aliphatic carbocycles. The number of amides is 1. The summed E-state index contributed by atoms with van der Waals surface area (Å²) in [6, 6.07) is 6.24. The van der Waals surface area contributed by atoms with E-state index < -0.39 is 10.0 Å². The molecule has 0 saturated heterocycles. The molecule has 1 aromatic carbocycles. The normalized spacial score (nSPS) is 18.8. The Bertz CT molecular complexity index is 763. The van der Waals surface area contributed by atoms with Gasteiger partial charge in [-0.25, -0.2) is 13.6 Å². The average Bonchev–Trinajstić information content (AvgIpc) is 3.43. The molecule has 1 amide bonds. The molecule has 0 aliphatic heterocycles. The van der Waals surface area contributed by atoms with Crippen LogP contribution in [0.5, 0.6) is 0 Å². The molecule has 2 fully saturated rings. The van der Waals surface area contributed by atoms with Gasteiger partial charge in [0.2, 0.25) is 15.9 Å². The fourth-order valence-corrected chi connectivity index (χ4v) is 3.58. The molecule has 0 aromatic heterocycles. The first-order chi connectivity index (χ1) is 11.3. The number of primary sulfonamides is 1. The number of carbonyl (C=O) groups excluding carboxylic acids is 1. The predicted octanol–water partition coefficient (Wildman–Crippen LogP) is 2.60. The number of sulfonamides is 1. The lowest BCUT2D eigenvalue weighted by Crippen LogP contribution is -2.28. The maximum absolute atomic E-state index is 12.6. The van der Waals surface area contributed by atoms with Crippen molar-refractivity contribution in [3.8, 4) is 0 Å². The molecule has 130 valence electrons. The van der Waals surface area contributed by atoms with E-state index >= 15 is 0 Å². The third-order valence-corrected chi connectivity index (χ3v) is 5.90. The Labute approximate surface area is 143 Å². The second-order valence-electron chi connectivity index (χ2n) is 6.94. The van der Waals surface area contributed by atoms with Gasteiger partial charge in [-0.3, -0.25) is 4.79 Å². The van der Waals surface area contributed by atoms with Gasteiger partial charge < -0.3 is 4.90 Å². The van der Waals surface area contributed by atoms with Crippen LogP contribution < -0.4 is 5.14 Å². The summed E-state index contributed by atoms with van der Waals surface area (Å²) in [5, 5.41) is 5.19. The number of benzene rings is 1. The zero-order chi connectivity index (χ0) is 17.5. The fourth-order valence-electron chi connectivity index (χ4n) is 3.01. The van der Waals surface area contributed by atoms with E-state index in [1.54, 1.807) is 18.0 Å². The Hall–Kier alpha value is -1.66. The number of hydrogen-bond acceptors (Lipinski definition) is 3. The molecule has 2 N–H and O–H groups in total. The molecule has 0 spiro atoms. The summed E-state index contributed by atoms with van der Waals surface area (Å²) in [7, 11) is -1.99. The van der Waals surface area contributed by atoms with E-state index in [-0.39, 0.29) is 16.8 Å². The van der Waals surface area contributed by atoms with E-state index in [4.69, 9.17) is 5.14 Å². The first-order valence-corrected chi connectivity index (χ1v) is 9.93. The minimum Gasteiger partial charge on any atom is -0.335 e. The summed E-state index contributed by atoms with van der Waals surface area (Å²) in [6.07, 6.45) is 6.61. The Balaban J connectivity index is 1.78. The summed E-state index contributed by atoms with van der Waals surface area (Å²) in [6.45, 7) is 1.89. The van der Waals surface area contributed by atoms with Crippen molar-refractivity contribution in [2.75, 3.05) is 7.05 Å². The second kappa shape index (κ2) is 6.33. The molecule has 5 nitrogen and oxygen atoms in total. The van der Waals surface area contributed by atoms with Gasteiger partial charge in [-0.05, 0) is 62.1 Å². The van der Waals surface area contributed by atoms with Gasteiger partial charge in [-0.2, -0.15) is 0 Å². The molecule has 6 heteroatoms. The van der Waals surface area contributed by atoms with Crippen molar-refractivity contribution in [3.05, 3.63) is 41.5 Å². The molecule has 1 aromatic rings. The molecule has 0 heterocycles. The SMILES string of the molecule is C[C@H](c1cccc(S(N)(=O)=O)c1)N(C)C(=O)C=C(C1CC1)C1CC1. The van der Waals surface area contributed by atoms with Gasteiger partial charge in [0.15, 0.2) is 0 Å². The third-order valence-electron chi connectivity index (χ3n) is 4.99. The monoisotopic (exact) mass is 348 g/mol. The summed E-state index contributed by atoms with van der Waals surface area (Å²) in [5.74, 6) is 1.20.